The maximum absolute atomic E-state index is 14.6. The lowest BCUT2D eigenvalue weighted by molar-refractivity contribution is 0.0991. The van der Waals surface area contributed by atoms with Gasteiger partial charge in [0.1, 0.15) is 17.3 Å². The lowest BCUT2D eigenvalue weighted by Crippen LogP contribution is -2.30. The molecule has 6 heteroatoms. The molecule has 1 aromatic heterocycles. The first kappa shape index (κ1) is 16.2. The highest BCUT2D eigenvalue weighted by molar-refractivity contribution is 5.93. The molecule has 2 heterocycles. The van der Waals surface area contributed by atoms with Crippen molar-refractivity contribution in [2.45, 2.75) is 20.3 Å². The van der Waals surface area contributed by atoms with E-state index in [0.29, 0.717) is 35.8 Å². The van der Waals surface area contributed by atoms with Gasteiger partial charge in [-0.1, -0.05) is 13.8 Å². The molecule has 1 amide bonds. The number of carbonyl (C=O) groups excluding carboxylic acids is 1. The molecule has 0 atom stereocenters. The molecule has 126 valence electrons. The van der Waals surface area contributed by atoms with Crippen LogP contribution in [0.3, 0.4) is 0 Å². The Balaban J connectivity index is 2.22. The molecule has 0 fully saturated rings. The van der Waals surface area contributed by atoms with Gasteiger partial charge < -0.3 is 15.2 Å². The molecule has 0 bridgehead atoms. The Morgan fingerprint density at radius 3 is 2.71 bits per heavy atom. The lowest BCUT2D eigenvalue weighted by atomic mass is 9.82. The third-order valence-electron chi connectivity index (χ3n) is 4.06. The molecule has 0 saturated heterocycles. The van der Waals surface area contributed by atoms with Crippen molar-refractivity contribution >= 4 is 5.91 Å². The van der Waals surface area contributed by atoms with Crippen LogP contribution in [-0.4, -0.2) is 24.6 Å². The molecule has 2 N–H and O–H groups in total. The van der Waals surface area contributed by atoms with Crippen molar-refractivity contribution in [3.63, 3.8) is 0 Å². The summed E-state index contributed by atoms with van der Waals surface area (Å²) < 4.78 is 25.3. The number of nitrogens with two attached hydrogens (primary N) is 1. The minimum absolute atomic E-state index is 0.0543. The molecule has 0 aliphatic carbocycles. The van der Waals surface area contributed by atoms with Crippen LogP contribution >= 0.6 is 0 Å². The van der Waals surface area contributed by atoms with Crippen LogP contribution in [0.1, 0.15) is 29.9 Å². The summed E-state index contributed by atoms with van der Waals surface area (Å²) in [6, 6.07) is 6.12. The number of ether oxygens (including phenoxy) is 2. The van der Waals surface area contributed by atoms with Gasteiger partial charge in [-0.15, -0.1) is 0 Å². The van der Waals surface area contributed by atoms with Crippen LogP contribution < -0.4 is 15.2 Å². The number of rotatable bonds is 3. The third kappa shape index (κ3) is 2.91. The first-order valence-corrected chi connectivity index (χ1v) is 7.61. The van der Waals surface area contributed by atoms with E-state index in [4.69, 9.17) is 15.2 Å². The Labute approximate surface area is 139 Å². The zero-order valence-corrected chi connectivity index (χ0v) is 13.9. The van der Waals surface area contributed by atoms with E-state index in [9.17, 15) is 9.18 Å². The number of hydrogen-bond acceptors (Lipinski definition) is 4. The van der Waals surface area contributed by atoms with E-state index in [2.05, 4.69) is 18.8 Å². The predicted octanol–water partition coefficient (Wildman–Crippen LogP) is 2.96. The van der Waals surface area contributed by atoms with Crippen molar-refractivity contribution in [3.8, 4) is 22.8 Å². The summed E-state index contributed by atoms with van der Waals surface area (Å²) in [4.78, 5) is 15.8. The van der Waals surface area contributed by atoms with Crippen molar-refractivity contribution in [1.82, 2.24) is 4.98 Å². The second-order valence-corrected chi connectivity index (χ2v) is 6.68. The molecule has 1 aliphatic heterocycles. The van der Waals surface area contributed by atoms with Crippen LogP contribution in [-0.2, 0) is 6.42 Å². The van der Waals surface area contributed by atoms with E-state index in [1.165, 1.54) is 19.2 Å². The molecule has 0 radical (unpaired) electrons. The van der Waals surface area contributed by atoms with Gasteiger partial charge in [0.15, 0.2) is 0 Å². The number of fused-ring (bicyclic) bond motifs is 1. The molecule has 0 unspecified atom stereocenters. The molecular weight excluding hydrogens is 311 g/mol. The summed E-state index contributed by atoms with van der Waals surface area (Å²) in [6.45, 7) is 4.60. The van der Waals surface area contributed by atoms with Crippen LogP contribution in [0.5, 0.6) is 11.6 Å². The van der Waals surface area contributed by atoms with Gasteiger partial charge in [0.05, 0.1) is 13.7 Å². The maximum Gasteiger partial charge on any atom is 0.267 e. The van der Waals surface area contributed by atoms with E-state index in [-0.39, 0.29) is 11.1 Å². The van der Waals surface area contributed by atoms with Crippen molar-refractivity contribution in [2.24, 2.45) is 11.1 Å². The fourth-order valence-corrected chi connectivity index (χ4v) is 2.84. The summed E-state index contributed by atoms with van der Waals surface area (Å²) in [7, 11) is 1.48. The number of aromatic nitrogens is 1. The second-order valence-electron chi connectivity index (χ2n) is 6.68. The van der Waals surface area contributed by atoms with Gasteiger partial charge in [-0.2, -0.15) is 0 Å². The van der Waals surface area contributed by atoms with Crippen molar-refractivity contribution in [3.05, 3.63) is 41.3 Å². The largest absolute Gasteiger partial charge is 0.497 e. The Morgan fingerprint density at radius 2 is 2.08 bits per heavy atom. The quantitative estimate of drug-likeness (QED) is 0.939. The SMILES string of the molecule is COc1ccc(-c2cc(C(N)=O)nc3c2CC(C)(C)CO3)c(F)c1. The van der Waals surface area contributed by atoms with Crippen LogP contribution in [0, 0.1) is 11.2 Å². The van der Waals surface area contributed by atoms with Gasteiger partial charge in [-0.25, -0.2) is 9.37 Å². The minimum Gasteiger partial charge on any atom is -0.497 e. The normalized spacial score (nSPS) is 15.3. The van der Waals surface area contributed by atoms with E-state index in [1.807, 2.05) is 0 Å². The topological polar surface area (TPSA) is 74.4 Å². The number of carbonyl (C=O) groups is 1. The molecule has 1 aromatic carbocycles. The molecule has 5 nitrogen and oxygen atoms in total. The first-order chi connectivity index (χ1) is 11.3. The summed E-state index contributed by atoms with van der Waals surface area (Å²) in [5.41, 5.74) is 7.01. The number of pyridine rings is 1. The van der Waals surface area contributed by atoms with Crippen molar-refractivity contribution in [2.75, 3.05) is 13.7 Å². The van der Waals surface area contributed by atoms with Crippen LogP contribution in [0.2, 0.25) is 0 Å². The molecule has 2 aromatic rings. The Bertz CT molecular complexity index is 818. The minimum atomic E-state index is -0.679. The van der Waals surface area contributed by atoms with Gasteiger partial charge in [0, 0.05) is 22.6 Å². The molecular formula is C18H19FN2O3. The Morgan fingerprint density at radius 1 is 1.33 bits per heavy atom. The fourth-order valence-electron chi connectivity index (χ4n) is 2.84. The first-order valence-electron chi connectivity index (χ1n) is 7.61. The molecule has 1 aliphatic rings. The Kier molecular flexibility index (Phi) is 3.91. The number of hydrogen-bond donors (Lipinski definition) is 1. The van der Waals surface area contributed by atoms with Crippen LogP contribution in [0.25, 0.3) is 11.1 Å². The smallest absolute Gasteiger partial charge is 0.267 e. The third-order valence-corrected chi connectivity index (χ3v) is 4.06. The summed E-state index contributed by atoms with van der Waals surface area (Å²) >= 11 is 0. The van der Waals surface area contributed by atoms with Gasteiger partial charge in [-0.05, 0) is 30.2 Å². The average Bonchev–Trinajstić information content (AvgIpc) is 2.53. The molecule has 24 heavy (non-hydrogen) atoms. The van der Waals surface area contributed by atoms with E-state index >= 15 is 0 Å². The number of primary amides is 1. The average molecular weight is 330 g/mol. The number of amides is 1. The monoisotopic (exact) mass is 330 g/mol. The summed E-state index contributed by atoms with van der Waals surface area (Å²) in [5, 5.41) is 0. The zero-order chi connectivity index (χ0) is 17.5. The summed E-state index contributed by atoms with van der Waals surface area (Å²) in [6.07, 6.45) is 0.662. The zero-order valence-electron chi connectivity index (χ0n) is 13.9. The molecule has 3 rings (SSSR count). The Hall–Kier alpha value is -2.63. The van der Waals surface area contributed by atoms with E-state index in [0.717, 1.165) is 5.56 Å². The molecule has 0 spiro atoms. The maximum atomic E-state index is 14.6. The van der Waals surface area contributed by atoms with E-state index in [1.54, 1.807) is 12.1 Å². The number of halogens is 1. The predicted molar refractivity (Wildman–Crippen MR) is 87.7 cm³/mol. The van der Waals surface area contributed by atoms with Gasteiger partial charge in [0.25, 0.3) is 5.91 Å². The standard InChI is InChI=1S/C18H19FN2O3/c1-18(2)8-13-12(11-5-4-10(23-3)6-14(11)19)7-15(16(20)22)21-17(13)24-9-18/h4-7H,8-9H2,1-3H3,(H2,20,22). The summed E-state index contributed by atoms with van der Waals surface area (Å²) in [5.74, 6) is -0.357. The number of methoxy groups -OCH3 is 1. The fraction of sp³-hybridized carbons (Fsp3) is 0.333. The highest BCUT2D eigenvalue weighted by Crippen LogP contribution is 2.40. The number of benzene rings is 1. The highest BCUT2D eigenvalue weighted by Gasteiger charge is 2.31. The van der Waals surface area contributed by atoms with Gasteiger partial charge in [-0.3, -0.25) is 4.79 Å². The number of nitrogens with zero attached hydrogens (tertiary/aromatic N) is 1. The van der Waals surface area contributed by atoms with Crippen molar-refractivity contribution in [1.29, 1.82) is 0 Å². The highest BCUT2D eigenvalue weighted by atomic mass is 19.1. The van der Waals surface area contributed by atoms with Crippen LogP contribution in [0.15, 0.2) is 24.3 Å². The van der Waals surface area contributed by atoms with E-state index < -0.39 is 11.7 Å². The molecule has 0 saturated carbocycles. The van der Waals surface area contributed by atoms with Crippen molar-refractivity contribution < 1.29 is 18.7 Å². The van der Waals surface area contributed by atoms with Gasteiger partial charge >= 0.3 is 0 Å². The second kappa shape index (κ2) is 5.78. The lowest BCUT2D eigenvalue weighted by Gasteiger charge is -2.32. The van der Waals surface area contributed by atoms with Crippen LogP contribution in [0.4, 0.5) is 4.39 Å². The van der Waals surface area contributed by atoms with Gasteiger partial charge in [0.2, 0.25) is 5.88 Å².